The lowest BCUT2D eigenvalue weighted by Gasteiger charge is -2.34. The molecule has 0 spiro atoms. The van der Waals surface area contributed by atoms with Crippen molar-refractivity contribution < 1.29 is 0 Å². The van der Waals surface area contributed by atoms with Crippen molar-refractivity contribution in [3.8, 4) is 44.5 Å². The zero-order valence-corrected chi connectivity index (χ0v) is 35.3. The molecule has 63 heavy (non-hydrogen) atoms. The molecular formula is C61H41NS. The van der Waals surface area contributed by atoms with Gasteiger partial charge in [-0.2, -0.15) is 0 Å². The summed E-state index contributed by atoms with van der Waals surface area (Å²) < 4.78 is 2.66. The van der Waals surface area contributed by atoms with E-state index >= 15 is 0 Å². The van der Waals surface area contributed by atoms with Crippen LogP contribution < -0.4 is 4.90 Å². The molecule has 0 fully saturated rings. The molecule has 0 radical (unpaired) electrons. The van der Waals surface area contributed by atoms with Gasteiger partial charge in [0.1, 0.15) is 0 Å². The minimum atomic E-state index is -0.455. The van der Waals surface area contributed by atoms with Gasteiger partial charge in [-0.1, -0.05) is 200 Å². The second kappa shape index (κ2) is 15.3. The summed E-state index contributed by atoms with van der Waals surface area (Å²) in [5.74, 6) is 0. The first kappa shape index (κ1) is 37.0. The van der Waals surface area contributed by atoms with Gasteiger partial charge in [0, 0.05) is 37.2 Å². The third-order valence-corrected chi connectivity index (χ3v) is 14.2. The van der Waals surface area contributed by atoms with E-state index in [-0.39, 0.29) is 0 Å². The maximum Gasteiger partial charge on any atom is 0.0713 e. The van der Waals surface area contributed by atoms with Crippen molar-refractivity contribution in [3.63, 3.8) is 0 Å². The van der Waals surface area contributed by atoms with Crippen LogP contribution in [0.4, 0.5) is 17.1 Å². The van der Waals surface area contributed by atoms with Gasteiger partial charge in [0.25, 0.3) is 0 Å². The lowest BCUT2D eigenvalue weighted by atomic mass is 9.68. The third kappa shape index (κ3) is 6.14. The summed E-state index contributed by atoms with van der Waals surface area (Å²) in [7, 11) is 0. The molecular weight excluding hydrogens is 779 g/mol. The molecule has 12 rings (SSSR count). The van der Waals surface area contributed by atoms with Crippen molar-refractivity contribution in [1.29, 1.82) is 0 Å². The second-order valence-electron chi connectivity index (χ2n) is 16.4. The van der Waals surface area contributed by atoms with Crippen molar-refractivity contribution in [3.05, 3.63) is 271 Å². The zero-order valence-electron chi connectivity index (χ0n) is 34.5. The molecule has 0 amide bonds. The molecule has 1 nitrogen and oxygen atoms in total. The van der Waals surface area contributed by atoms with Crippen molar-refractivity contribution in [1.82, 2.24) is 0 Å². The van der Waals surface area contributed by atoms with Crippen LogP contribution in [0.3, 0.4) is 0 Å². The van der Waals surface area contributed by atoms with Crippen molar-refractivity contribution in [2.45, 2.75) is 5.41 Å². The standard InChI is InChI=1S/C61H41NS/c1-3-16-42(17-4-1)45-19-14-23-51(41-45)62(49-36-32-43(33-37-49)44-18-13-20-46(40-44)52-27-15-28-56-55-26-9-12-31-59(55)63-60(52)56)50-38-34-48(35-39-50)61(47-21-5-2-6-22-47)57-29-10-7-24-53(57)54-25-8-11-30-58(54)61/h1-41H. The molecule has 2 heteroatoms. The Labute approximate surface area is 372 Å². The first-order chi connectivity index (χ1) is 31.2. The highest BCUT2D eigenvalue weighted by molar-refractivity contribution is 7.26. The first-order valence-corrected chi connectivity index (χ1v) is 22.5. The van der Waals surface area contributed by atoms with Crippen molar-refractivity contribution in [2.75, 3.05) is 4.90 Å². The summed E-state index contributed by atoms with van der Waals surface area (Å²) in [6.45, 7) is 0. The van der Waals surface area contributed by atoms with Crippen LogP contribution in [0, 0.1) is 0 Å². The number of hydrogen-bond donors (Lipinski definition) is 0. The van der Waals surface area contributed by atoms with E-state index in [0.717, 1.165) is 17.1 Å². The Bertz CT molecular complexity index is 3390. The summed E-state index contributed by atoms with van der Waals surface area (Å²) in [6.07, 6.45) is 0. The third-order valence-electron chi connectivity index (χ3n) is 13.0. The zero-order chi connectivity index (χ0) is 41.7. The Hall–Kier alpha value is -7.78. The number of fused-ring (bicyclic) bond motifs is 6. The van der Waals surface area contributed by atoms with Crippen molar-refractivity contribution >= 4 is 48.6 Å². The molecule has 11 aromatic rings. The number of thiophene rings is 1. The van der Waals surface area contributed by atoms with Crippen LogP contribution in [-0.2, 0) is 5.41 Å². The van der Waals surface area contributed by atoms with E-state index in [9.17, 15) is 0 Å². The summed E-state index contributed by atoms with van der Waals surface area (Å²) >= 11 is 1.88. The first-order valence-electron chi connectivity index (χ1n) is 21.7. The lowest BCUT2D eigenvalue weighted by Crippen LogP contribution is -2.28. The van der Waals surface area contributed by atoms with Gasteiger partial charge in [0.05, 0.1) is 5.41 Å². The minimum absolute atomic E-state index is 0.455. The van der Waals surface area contributed by atoms with E-state index in [0.29, 0.717) is 0 Å². The van der Waals surface area contributed by atoms with Crippen LogP contribution in [0.2, 0.25) is 0 Å². The van der Waals surface area contributed by atoms with E-state index in [2.05, 4.69) is 254 Å². The predicted octanol–water partition coefficient (Wildman–Crippen LogP) is 16.9. The number of rotatable bonds is 8. The molecule has 0 atom stereocenters. The number of hydrogen-bond acceptors (Lipinski definition) is 2. The smallest absolute Gasteiger partial charge is 0.0713 e. The number of nitrogens with zero attached hydrogens (tertiary/aromatic N) is 1. The van der Waals surface area contributed by atoms with Gasteiger partial charge in [-0.15, -0.1) is 11.3 Å². The largest absolute Gasteiger partial charge is 0.310 e. The highest BCUT2D eigenvalue weighted by Crippen LogP contribution is 2.56. The number of benzene rings is 10. The molecule has 1 aliphatic carbocycles. The fourth-order valence-electron chi connectivity index (χ4n) is 10.1. The molecule has 0 N–H and O–H groups in total. The molecule has 0 aliphatic heterocycles. The summed E-state index contributed by atoms with van der Waals surface area (Å²) in [6, 6.07) is 91.3. The molecule has 1 aromatic heterocycles. The monoisotopic (exact) mass is 819 g/mol. The Balaban J connectivity index is 0.964. The van der Waals surface area contributed by atoms with Crippen LogP contribution in [0.15, 0.2) is 249 Å². The van der Waals surface area contributed by atoms with Gasteiger partial charge in [-0.05, 0) is 115 Å². The molecule has 296 valence electrons. The maximum atomic E-state index is 2.39. The number of anilines is 3. The quantitative estimate of drug-likeness (QED) is 0.148. The highest BCUT2D eigenvalue weighted by Gasteiger charge is 2.45. The Morgan fingerprint density at radius 3 is 1.52 bits per heavy atom. The van der Waals surface area contributed by atoms with Gasteiger partial charge in [-0.3, -0.25) is 0 Å². The van der Waals surface area contributed by atoms with E-state index in [1.54, 1.807) is 0 Å². The van der Waals surface area contributed by atoms with Crippen LogP contribution in [0.25, 0.3) is 64.7 Å². The predicted molar refractivity (Wildman–Crippen MR) is 268 cm³/mol. The fraction of sp³-hybridized carbons (Fsp3) is 0.0164. The van der Waals surface area contributed by atoms with Gasteiger partial charge in [-0.25, -0.2) is 0 Å². The van der Waals surface area contributed by atoms with Crippen molar-refractivity contribution in [2.24, 2.45) is 0 Å². The van der Waals surface area contributed by atoms with E-state index < -0.39 is 5.41 Å². The second-order valence-corrected chi connectivity index (χ2v) is 17.5. The topological polar surface area (TPSA) is 3.24 Å². The summed E-state index contributed by atoms with van der Waals surface area (Å²) in [4.78, 5) is 2.39. The Morgan fingerprint density at radius 1 is 0.302 bits per heavy atom. The van der Waals surface area contributed by atoms with Crippen LogP contribution in [0.5, 0.6) is 0 Å². The fourth-order valence-corrected chi connectivity index (χ4v) is 11.4. The summed E-state index contributed by atoms with van der Waals surface area (Å²) in [5.41, 5.74) is 17.8. The van der Waals surface area contributed by atoms with E-state index in [1.807, 2.05) is 11.3 Å². The summed E-state index contributed by atoms with van der Waals surface area (Å²) in [5, 5.41) is 2.64. The van der Waals surface area contributed by atoms with Gasteiger partial charge >= 0.3 is 0 Å². The normalized spacial score (nSPS) is 12.6. The molecule has 10 aromatic carbocycles. The Kier molecular flexibility index (Phi) is 8.98. The molecule has 0 saturated heterocycles. The van der Waals surface area contributed by atoms with Crippen LogP contribution in [0.1, 0.15) is 22.3 Å². The minimum Gasteiger partial charge on any atom is -0.310 e. The molecule has 1 heterocycles. The molecule has 0 unspecified atom stereocenters. The molecule has 0 saturated carbocycles. The average molecular weight is 820 g/mol. The van der Waals surface area contributed by atoms with E-state index in [4.69, 9.17) is 0 Å². The van der Waals surface area contributed by atoms with Gasteiger partial charge in [0.2, 0.25) is 0 Å². The highest BCUT2D eigenvalue weighted by atomic mass is 32.1. The van der Waals surface area contributed by atoms with Gasteiger partial charge in [0.15, 0.2) is 0 Å². The molecule has 1 aliphatic rings. The average Bonchev–Trinajstić information content (AvgIpc) is 3.90. The van der Waals surface area contributed by atoms with Gasteiger partial charge < -0.3 is 4.90 Å². The van der Waals surface area contributed by atoms with E-state index in [1.165, 1.54) is 86.9 Å². The van der Waals surface area contributed by atoms with Crippen LogP contribution >= 0.6 is 11.3 Å². The maximum absolute atomic E-state index is 2.39. The lowest BCUT2D eigenvalue weighted by molar-refractivity contribution is 0.768. The SMILES string of the molecule is c1ccc(-c2cccc(N(c3ccc(-c4cccc(-c5cccc6c5sc5ccccc56)c4)cc3)c3ccc(C4(c5ccccc5)c5ccccc5-c5ccccc54)cc3)c2)cc1. The Morgan fingerprint density at radius 2 is 0.794 bits per heavy atom. The molecule has 0 bridgehead atoms. The van der Waals surface area contributed by atoms with Crippen LogP contribution in [-0.4, -0.2) is 0 Å².